The summed E-state index contributed by atoms with van der Waals surface area (Å²) in [5.41, 5.74) is 0. The fourth-order valence-corrected chi connectivity index (χ4v) is 0.722. The van der Waals surface area contributed by atoms with Crippen LogP contribution in [0, 0.1) is 5.21 Å². The van der Waals surface area contributed by atoms with Gasteiger partial charge < -0.3 is 15.0 Å². The van der Waals surface area contributed by atoms with Gasteiger partial charge in [0.2, 0.25) is 0 Å². The van der Waals surface area contributed by atoms with Crippen LogP contribution in [-0.2, 0) is 0 Å². The molecule has 0 heterocycles. The summed E-state index contributed by atoms with van der Waals surface area (Å²) in [6.07, 6.45) is 0. The number of hydroxylamine groups is 3. The molecule has 0 bridgehead atoms. The Kier molecular flexibility index (Phi) is 3.77. The Labute approximate surface area is 56.1 Å². The van der Waals surface area contributed by atoms with Crippen LogP contribution >= 0.6 is 0 Å². The summed E-state index contributed by atoms with van der Waals surface area (Å²) in [5, 5.41) is 19.7. The predicted molar refractivity (Wildman–Crippen MR) is 36.7 cm³/mol. The van der Waals surface area contributed by atoms with E-state index in [1.165, 1.54) is 0 Å². The van der Waals surface area contributed by atoms with E-state index in [0.29, 0.717) is 19.6 Å². The van der Waals surface area contributed by atoms with Crippen LogP contribution in [0.5, 0.6) is 0 Å². The molecule has 0 aliphatic rings. The standard InChI is InChI=1S/C6H15NO2/c1-3-7(9,4-2)5-6-8/h8H,3-6H2,1-2H3. The maximum atomic E-state index is 11.2. The highest BCUT2D eigenvalue weighted by Gasteiger charge is 2.08. The molecular formula is C6H15NO2. The summed E-state index contributed by atoms with van der Waals surface area (Å²) in [5.74, 6) is 0. The van der Waals surface area contributed by atoms with E-state index in [-0.39, 0.29) is 11.3 Å². The van der Waals surface area contributed by atoms with Gasteiger partial charge >= 0.3 is 0 Å². The quantitative estimate of drug-likeness (QED) is 0.443. The van der Waals surface area contributed by atoms with Gasteiger partial charge in [0.25, 0.3) is 0 Å². The second-order valence-corrected chi connectivity index (χ2v) is 2.14. The molecule has 1 N–H and O–H groups in total. The van der Waals surface area contributed by atoms with Gasteiger partial charge in [-0.15, -0.1) is 0 Å². The van der Waals surface area contributed by atoms with Crippen LogP contribution < -0.4 is 0 Å². The van der Waals surface area contributed by atoms with Crippen LogP contribution in [0.25, 0.3) is 0 Å². The molecule has 0 unspecified atom stereocenters. The van der Waals surface area contributed by atoms with E-state index in [0.717, 1.165) is 0 Å². The molecule has 0 spiro atoms. The highest BCUT2D eigenvalue weighted by Crippen LogP contribution is 2.00. The first-order valence-electron chi connectivity index (χ1n) is 3.36. The molecule has 9 heavy (non-hydrogen) atoms. The predicted octanol–water partition coefficient (Wildman–Crippen LogP) is 0.333. The highest BCUT2D eigenvalue weighted by atomic mass is 16.5. The zero-order chi connectivity index (χ0) is 7.33. The number of quaternary nitrogens is 1. The number of hydrogen-bond acceptors (Lipinski definition) is 2. The van der Waals surface area contributed by atoms with Crippen molar-refractivity contribution in [3.63, 3.8) is 0 Å². The third-order valence-corrected chi connectivity index (χ3v) is 1.66. The van der Waals surface area contributed by atoms with Crippen LogP contribution in [0.15, 0.2) is 0 Å². The largest absolute Gasteiger partial charge is 0.633 e. The SMILES string of the molecule is CC[N+]([O-])(CC)CCO. The smallest absolute Gasteiger partial charge is 0.102 e. The Bertz CT molecular complexity index is 71.5. The number of hydrogen-bond donors (Lipinski definition) is 1. The Morgan fingerprint density at radius 1 is 1.33 bits per heavy atom. The average Bonchev–Trinajstić information content (AvgIpc) is 1.89. The monoisotopic (exact) mass is 133 g/mol. The number of aliphatic hydroxyl groups excluding tert-OH is 1. The first-order chi connectivity index (χ1) is 4.18. The zero-order valence-corrected chi connectivity index (χ0v) is 6.13. The number of nitrogens with zero attached hydrogens (tertiary/aromatic N) is 1. The van der Waals surface area contributed by atoms with Gasteiger partial charge in [-0.3, -0.25) is 0 Å². The average molecular weight is 133 g/mol. The number of rotatable bonds is 4. The summed E-state index contributed by atoms with van der Waals surface area (Å²) >= 11 is 0. The summed E-state index contributed by atoms with van der Waals surface area (Å²) in [6, 6.07) is 0. The van der Waals surface area contributed by atoms with Crippen molar-refractivity contribution in [3.8, 4) is 0 Å². The molecule has 0 radical (unpaired) electrons. The molecule has 0 saturated carbocycles. The molecule has 0 aliphatic carbocycles. The fourth-order valence-electron chi connectivity index (χ4n) is 0.722. The third-order valence-electron chi connectivity index (χ3n) is 1.66. The van der Waals surface area contributed by atoms with Crippen molar-refractivity contribution in [2.24, 2.45) is 0 Å². The number of likely N-dealkylation sites (N-methyl/N-ethyl adjacent to an activating group) is 1. The number of aliphatic hydroxyl groups is 1. The maximum Gasteiger partial charge on any atom is 0.102 e. The van der Waals surface area contributed by atoms with E-state index < -0.39 is 0 Å². The fraction of sp³-hybridized carbons (Fsp3) is 1.00. The van der Waals surface area contributed by atoms with Gasteiger partial charge in [-0.2, -0.15) is 0 Å². The Balaban J connectivity index is 3.62. The van der Waals surface area contributed by atoms with Gasteiger partial charge in [0.15, 0.2) is 0 Å². The molecule has 0 aromatic carbocycles. The van der Waals surface area contributed by atoms with Gasteiger partial charge in [0.1, 0.15) is 6.54 Å². The molecule has 0 atom stereocenters. The van der Waals surface area contributed by atoms with E-state index in [4.69, 9.17) is 5.11 Å². The molecular weight excluding hydrogens is 118 g/mol. The van der Waals surface area contributed by atoms with E-state index >= 15 is 0 Å². The minimum atomic E-state index is -0.267. The third kappa shape index (κ3) is 2.79. The molecule has 0 aliphatic heterocycles. The van der Waals surface area contributed by atoms with Crippen LogP contribution in [0.3, 0.4) is 0 Å². The lowest BCUT2D eigenvalue weighted by Gasteiger charge is -2.40. The molecule has 0 aromatic heterocycles. The molecule has 3 heteroatoms. The summed E-state index contributed by atoms with van der Waals surface area (Å²) in [6.45, 7) is 5.10. The minimum Gasteiger partial charge on any atom is -0.633 e. The molecule has 3 nitrogen and oxygen atoms in total. The Hall–Kier alpha value is -0.120. The van der Waals surface area contributed by atoms with Crippen molar-refractivity contribution in [2.45, 2.75) is 13.8 Å². The lowest BCUT2D eigenvalue weighted by Crippen LogP contribution is -2.43. The zero-order valence-electron chi connectivity index (χ0n) is 6.13. The van der Waals surface area contributed by atoms with Crippen molar-refractivity contribution in [3.05, 3.63) is 5.21 Å². The Morgan fingerprint density at radius 3 is 1.89 bits per heavy atom. The molecule has 0 amide bonds. The first kappa shape index (κ1) is 8.88. The van der Waals surface area contributed by atoms with Gasteiger partial charge in [-0.1, -0.05) is 0 Å². The van der Waals surface area contributed by atoms with Crippen molar-refractivity contribution in [2.75, 3.05) is 26.2 Å². The van der Waals surface area contributed by atoms with Crippen LogP contribution in [-0.4, -0.2) is 36.0 Å². The van der Waals surface area contributed by atoms with Gasteiger partial charge in [0.05, 0.1) is 19.7 Å². The Morgan fingerprint density at radius 2 is 1.78 bits per heavy atom. The van der Waals surface area contributed by atoms with E-state index in [9.17, 15) is 5.21 Å². The summed E-state index contributed by atoms with van der Waals surface area (Å²) in [4.78, 5) is 0. The van der Waals surface area contributed by atoms with Crippen molar-refractivity contribution in [1.82, 2.24) is 0 Å². The lowest BCUT2D eigenvalue weighted by atomic mass is 10.5. The second-order valence-electron chi connectivity index (χ2n) is 2.14. The normalized spacial score (nSPS) is 12.0. The topological polar surface area (TPSA) is 43.3 Å². The molecule has 0 rings (SSSR count). The molecule has 0 aromatic rings. The van der Waals surface area contributed by atoms with Crippen LogP contribution in [0.2, 0.25) is 0 Å². The van der Waals surface area contributed by atoms with Gasteiger partial charge in [-0.05, 0) is 13.8 Å². The first-order valence-corrected chi connectivity index (χ1v) is 3.36. The van der Waals surface area contributed by atoms with Gasteiger partial charge in [-0.25, -0.2) is 0 Å². The molecule has 0 saturated heterocycles. The summed E-state index contributed by atoms with van der Waals surface area (Å²) < 4.78 is -0.267. The van der Waals surface area contributed by atoms with Crippen LogP contribution in [0.4, 0.5) is 0 Å². The van der Waals surface area contributed by atoms with Crippen molar-refractivity contribution >= 4 is 0 Å². The van der Waals surface area contributed by atoms with Crippen LogP contribution in [0.1, 0.15) is 13.8 Å². The second kappa shape index (κ2) is 3.82. The van der Waals surface area contributed by atoms with E-state index in [2.05, 4.69) is 0 Å². The molecule has 0 fully saturated rings. The van der Waals surface area contributed by atoms with E-state index in [1.807, 2.05) is 13.8 Å². The molecule has 56 valence electrons. The maximum absolute atomic E-state index is 11.2. The minimum absolute atomic E-state index is 0.00875. The summed E-state index contributed by atoms with van der Waals surface area (Å²) in [7, 11) is 0. The van der Waals surface area contributed by atoms with E-state index in [1.54, 1.807) is 0 Å². The van der Waals surface area contributed by atoms with Gasteiger partial charge in [0, 0.05) is 0 Å². The highest BCUT2D eigenvalue weighted by molar-refractivity contribution is 4.36. The lowest BCUT2D eigenvalue weighted by molar-refractivity contribution is -0.877. The van der Waals surface area contributed by atoms with Crippen molar-refractivity contribution in [1.29, 1.82) is 0 Å². The van der Waals surface area contributed by atoms with Crippen molar-refractivity contribution < 1.29 is 9.75 Å².